The number of ether oxygens (including phenoxy) is 4. The van der Waals surface area contributed by atoms with Crippen LogP contribution in [0.1, 0.15) is 19.3 Å². The maximum Gasteiger partial charge on any atom is 0.223 e. The Bertz CT molecular complexity index is 1500. The maximum absolute atomic E-state index is 12.0. The molecule has 0 bridgehead atoms. The van der Waals surface area contributed by atoms with Crippen LogP contribution in [0.2, 0.25) is 10.0 Å². The van der Waals surface area contributed by atoms with Crippen LogP contribution >= 0.6 is 23.2 Å². The summed E-state index contributed by atoms with van der Waals surface area (Å²) in [6, 6.07) is 3.43. The zero-order valence-electron chi connectivity index (χ0n) is 23.6. The van der Waals surface area contributed by atoms with E-state index in [1.54, 1.807) is 26.5 Å². The van der Waals surface area contributed by atoms with Gasteiger partial charge in [0, 0.05) is 60.7 Å². The van der Waals surface area contributed by atoms with Crippen LogP contribution in [0.4, 0.5) is 11.8 Å². The first-order valence-electron chi connectivity index (χ1n) is 13.9. The molecule has 6 rings (SSSR count). The van der Waals surface area contributed by atoms with Gasteiger partial charge in [0.15, 0.2) is 11.6 Å². The first kappa shape index (κ1) is 28.9. The number of nitrogens with zero attached hydrogens (tertiary/aromatic N) is 4. The minimum Gasteiger partial charge on any atom is -0.495 e. The number of pyridine rings is 1. The van der Waals surface area contributed by atoms with Crippen LogP contribution in [0.25, 0.3) is 22.2 Å². The molecule has 1 aromatic carbocycles. The molecule has 0 amide bonds. The van der Waals surface area contributed by atoms with Gasteiger partial charge in [-0.05, 0) is 25.0 Å². The van der Waals surface area contributed by atoms with Gasteiger partial charge in [0.25, 0.3) is 0 Å². The number of halogens is 2. The summed E-state index contributed by atoms with van der Waals surface area (Å²) in [4.78, 5) is 29.0. The summed E-state index contributed by atoms with van der Waals surface area (Å²) in [7, 11) is 3.08. The fourth-order valence-electron chi connectivity index (χ4n) is 6.11. The molecule has 1 unspecified atom stereocenters. The number of allylic oxidation sites excluding steroid dienone is 1. The molecule has 3 aliphatic heterocycles. The number of benzene rings is 1. The molecule has 42 heavy (non-hydrogen) atoms. The van der Waals surface area contributed by atoms with E-state index in [0.717, 1.165) is 44.5 Å². The normalized spacial score (nSPS) is 23.6. The van der Waals surface area contributed by atoms with E-state index < -0.39 is 0 Å². The van der Waals surface area contributed by atoms with Gasteiger partial charge in [0.05, 0.1) is 55.8 Å². The van der Waals surface area contributed by atoms with Crippen molar-refractivity contribution in [3.63, 3.8) is 0 Å². The maximum atomic E-state index is 12.0. The van der Waals surface area contributed by atoms with E-state index in [1.165, 1.54) is 6.08 Å². The Morgan fingerprint density at radius 2 is 1.95 bits per heavy atom. The standard InChI is InChI=1S/C30H33Cl2N5O5/c1-4-19(38)9-18-13-42-14-21(18)35-29-33-12-17-10-20(24-25(31)22(39-2)11-23(40-3)26(24)32)34-28(27(17)36-29)37-7-5-30(15-37)6-8-41-16-30/h4,10-12,18,21H,1,5-9,13-16H2,2-3H3,(H,33,35,36)/t18-,21+,30?/m0/s1. The lowest BCUT2D eigenvalue weighted by atomic mass is 9.87. The predicted octanol–water partition coefficient (Wildman–Crippen LogP) is 5.20. The van der Waals surface area contributed by atoms with Crippen molar-refractivity contribution in [2.75, 3.05) is 64.0 Å². The third-order valence-electron chi connectivity index (χ3n) is 8.50. The minimum atomic E-state index is -0.102. The second kappa shape index (κ2) is 11.8. The van der Waals surface area contributed by atoms with E-state index in [0.29, 0.717) is 69.7 Å². The number of anilines is 2. The fraction of sp³-hybridized carbons (Fsp3) is 0.467. The third-order valence-corrected chi connectivity index (χ3v) is 9.25. The quantitative estimate of drug-likeness (QED) is 0.323. The third kappa shape index (κ3) is 5.37. The number of carbonyl (C=O) groups excluding carboxylic acids is 1. The van der Waals surface area contributed by atoms with Crippen LogP contribution in [0, 0.1) is 11.3 Å². The molecule has 3 aromatic rings. The highest BCUT2D eigenvalue weighted by atomic mass is 35.5. The number of hydrogen-bond donors (Lipinski definition) is 1. The van der Waals surface area contributed by atoms with Gasteiger partial charge < -0.3 is 29.2 Å². The zero-order valence-corrected chi connectivity index (χ0v) is 25.1. The van der Waals surface area contributed by atoms with Crippen molar-refractivity contribution >= 4 is 51.7 Å². The second-order valence-electron chi connectivity index (χ2n) is 11.1. The zero-order chi connectivity index (χ0) is 29.4. The van der Waals surface area contributed by atoms with Crippen LogP contribution in [0.15, 0.2) is 31.0 Å². The van der Waals surface area contributed by atoms with Gasteiger partial charge in [-0.15, -0.1) is 0 Å². The Labute approximate surface area is 254 Å². The van der Waals surface area contributed by atoms with E-state index in [9.17, 15) is 4.79 Å². The number of fused-ring (bicyclic) bond motifs is 1. The van der Waals surface area contributed by atoms with Crippen molar-refractivity contribution in [3.8, 4) is 22.8 Å². The van der Waals surface area contributed by atoms with Crippen molar-refractivity contribution < 1.29 is 23.7 Å². The molecule has 0 radical (unpaired) electrons. The van der Waals surface area contributed by atoms with E-state index in [2.05, 4.69) is 21.8 Å². The van der Waals surface area contributed by atoms with Gasteiger partial charge in [-0.3, -0.25) is 4.79 Å². The van der Waals surface area contributed by atoms with Crippen molar-refractivity contribution in [1.82, 2.24) is 15.0 Å². The van der Waals surface area contributed by atoms with Crippen LogP contribution < -0.4 is 19.7 Å². The molecule has 3 saturated heterocycles. The highest BCUT2D eigenvalue weighted by Crippen LogP contribution is 2.47. The molecule has 2 aromatic heterocycles. The SMILES string of the molecule is C=CC(=O)C[C@H]1COC[C@H]1Nc1ncc2cc(-c3c(Cl)c(OC)cc(OC)c3Cl)nc(N3CCC4(CCOC4)C3)c2n1. The average molecular weight is 615 g/mol. The van der Waals surface area contributed by atoms with Gasteiger partial charge in [0.1, 0.15) is 17.0 Å². The Morgan fingerprint density at radius 1 is 1.17 bits per heavy atom. The van der Waals surface area contributed by atoms with Gasteiger partial charge in [-0.2, -0.15) is 0 Å². The number of nitrogens with one attached hydrogen (secondary N) is 1. The lowest BCUT2D eigenvalue weighted by Gasteiger charge is -2.24. The van der Waals surface area contributed by atoms with Crippen LogP contribution in [0.5, 0.6) is 11.5 Å². The summed E-state index contributed by atoms with van der Waals surface area (Å²) in [6.07, 6.45) is 5.49. The largest absolute Gasteiger partial charge is 0.495 e. The summed E-state index contributed by atoms with van der Waals surface area (Å²) in [5.74, 6) is 2.01. The number of aromatic nitrogens is 3. The first-order valence-corrected chi connectivity index (χ1v) is 14.7. The Morgan fingerprint density at radius 3 is 2.64 bits per heavy atom. The van der Waals surface area contributed by atoms with Crippen LogP contribution in [-0.4, -0.2) is 80.5 Å². The summed E-state index contributed by atoms with van der Waals surface area (Å²) in [5, 5.41) is 4.85. The van der Waals surface area contributed by atoms with Gasteiger partial charge in [-0.25, -0.2) is 15.0 Å². The van der Waals surface area contributed by atoms with Gasteiger partial charge in [0.2, 0.25) is 5.95 Å². The fourth-order valence-corrected chi connectivity index (χ4v) is 6.80. The first-order chi connectivity index (χ1) is 20.3. The Hall–Kier alpha value is -3.18. The Balaban J connectivity index is 1.44. The topological polar surface area (TPSA) is 108 Å². The number of ketones is 1. The smallest absolute Gasteiger partial charge is 0.223 e. The molecule has 0 aliphatic carbocycles. The Kier molecular flexibility index (Phi) is 8.15. The summed E-state index contributed by atoms with van der Waals surface area (Å²) < 4.78 is 22.5. The molecule has 3 aliphatic rings. The molecule has 12 heteroatoms. The van der Waals surface area contributed by atoms with Crippen molar-refractivity contribution in [1.29, 1.82) is 0 Å². The molecule has 3 fully saturated rings. The van der Waals surface area contributed by atoms with Gasteiger partial charge in [-0.1, -0.05) is 29.8 Å². The molecule has 1 N–H and O–H groups in total. The number of carbonyl (C=O) groups is 1. The molecule has 10 nitrogen and oxygen atoms in total. The van der Waals surface area contributed by atoms with Crippen molar-refractivity contribution in [3.05, 3.63) is 41.0 Å². The van der Waals surface area contributed by atoms with E-state index in [4.69, 9.17) is 52.1 Å². The molecule has 222 valence electrons. The van der Waals surface area contributed by atoms with E-state index >= 15 is 0 Å². The highest BCUT2D eigenvalue weighted by Gasteiger charge is 2.42. The molecule has 5 heterocycles. The lowest BCUT2D eigenvalue weighted by molar-refractivity contribution is -0.115. The number of methoxy groups -OCH3 is 2. The molecular weight excluding hydrogens is 581 g/mol. The number of rotatable bonds is 9. The van der Waals surface area contributed by atoms with Crippen molar-refractivity contribution in [2.45, 2.75) is 25.3 Å². The molecule has 1 spiro atoms. The second-order valence-corrected chi connectivity index (χ2v) is 11.9. The molecule has 0 saturated carbocycles. The van der Waals surface area contributed by atoms with Crippen LogP contribution in [0.3, 0.4) is 0 Å². The summed E-state index contributed by atoms with van der Waals surface area (Å²) in [5.41, 5.74) is 1.87. The summed E-state index contributed by atoms with van der Waals surface area (Å²) in [6.45, 7) is 7.67. The van der Waals surface area contributed by atoms with E-state index in [-0.39, 0.29) is 23.2 Å². The van der Waals surface area contributed by atoms with Crippen molar-refractivity contribution in [2.24, 2.45) is 11.3 Å². The monoisotopic (exact) mass is 613 g/mol. The molecular formula is C30H33Cl2N5O5. The van der Waals surface area contributed by atoms with Gasteiger partial charge >= 0.3 is 0 Å². The minimum absolute atomic E-state index is 0.00269. The lowest BCUT2D eigenvalue weighted by Crippen LogP contribution is -2.30. The molecule has 3 atom stereocenters. The average Bonchev–Trinajstić information content (AvgIpc) is 3.75. The number of hydrogen-bond acceptors (Lipinski definition) is 10. The predicted molar refractivity (Wildman–Crippen MR) is 162 cm³/mol. The van der Waals surface area contributed by atoms with Crippen LogP contribution in [-0.2, 0) is 14.3 Å². The highest BCUT2D eigenvalue weighted by molar-refractivity contribution is 6.41. The van der Waals surface area contributed by atoms with E-state index in [1.807, 2.05) is 6.07 Å². The summed E-state index contributed by atoms with van der Waals surface area (Å²) >= 11 is 13.6.